The number of hydrogen-bond donors (Lipinski definition) is 1. The van der Waals surface area contributed by atoms with E-state index in [-0.39, 0.29) is 17.8 Å². The normalized spacial score (nSPS) is 19.9. The summed E-state index contributed by atoms with van der Waals surface area (Å²) < 4.78 is 16.4. The van der Waals surface area contributed by atoms with Crippen molar-refractivity contribution < 1.29 is 23.8 Å². The number of rotatable bonds is 6. The lowest BCUT2D eigenvalue weighted by molar-refractivity contribution is -0.143. The molecule has 0 fully saturated rings. The summed E-state index contributed by atoms with van der Waals surface area (Å²) in [5.41, 5.74) is 4.19. The van der Waals surface area contributed by atoms with Gasteiger partial charge in [-0.2, -0.15) is 0 Å². The molecule has 1 aliphatic carbocycles. The molecule has 4 rings (SSSR count). The van der Waals surface area contributed by atoms with Gasteiger partial charge in [0.25, 0.3) is 0 Å². The number of nitrogens with one attached hydrogen (secondary N) is 1. The van der Waals surface area contributed by atoms with Crippen molar-refractivity contribution in [2.24, 2.45) is 0 Å². The summed E-state index contributed by atoms with van der Waals surface area (Å²) in [6.45, 7) is 5.45. The van der Waals surface area contributed by atoms with E-state index in [2.05, 4.69) is 5.32 Å². The van der Waals surface area contributed by atoms with Gasteiger partial charge in [-0.3, -0.25) is 4.79 Å². The van der Waals surface area contributed by atoms with Crippen LogP contribution in [0.5, 0.6) is 11.5 Å². The van der Waals surface area contributed by atoms with Crippen molar-refractivity contribution in [3.05, 3.63) is 81.2 Å². The zero-order valence-electron chi connectivity index (χ0n) is 20.6. The number of carbonyl (C=O) groups is 2. The monoisotopic (exact) mass is 495 g/mol. The van der Waals surface area contributed by atoms with Gasteiger partial charge in [-0.1, -0.05) is 35.9 Å². The number of methoxy groups -OCH3 is 2. The Hall–Kier alpha value is -3.25. The van der Waals surface area contributed by atoms with E-state index in [9.17, 15) is 9.59 Å². The largest absolute Gasteiger partial charge is 0.493 e. The molecule has 0 spiro atoms. The summed E-state index contributed by atoms with van der Waals surface area (Å²) >= 11 is 6.59. The Kier molecular flexibility index (Phi) is 7.22. The van der Waals surface area contributed by atoms with E-state index in [0.29, 0.717) is 46.2 Å². The van der Waals surface area contributed by atoms with Crippen molar-refractivity contribution in [2.75, 3.05) is 14.2 Å². The standard InChI is InChI=1S/C28H30ClNO5/c1-15(2)35-28(32)25-16(3)30-21-12-18(17-10-11-23(33-4)24(14-17)34-5)13-22(31)27(21)26(25)19-8-6-7-9-20(19)29/h6-11,14-15,18,26,30H,12-13H2,1-5H3/t18-,26+/m1/s1. The van der Waals surface area contributed by atoms with Gasteiger partial charge >= 0.3 is 5.97 Å². The summed E-state index contributed by atoms with van der Waals surface area (Å²) in [5, 5.41) is 3.87. The summed E-state index contributed by atoms with van der Waals surface area (Å²) in [7, 11) is 3.19. The molecule has 35 heavy (non-hydrogen) atoms. The molecular formula is C28H30ClNO5. The molecule has 2 aliphatic rings. The molecule has 2 aromatic rings. The van der Waals surface area contributed by atoms with E-state index in [1.807, 2.05) is 43.3 Å². The topological polar surface area (TPSA) is 73.9 Å². The zero-order valence-corrected chi connectivity index (χ0v) is 21.4. The van der Waals surface area contributed by atoms with E-state index in [1.165, 1.54) is 0 Å². The van der Waals surface area contributed by atoms with Gasteiger partial charge in [-0.05, 0) is 62.4 Å². The first-order valence-corrected chi connectivity index (χ1v) is 12.0. The second-order valence-electron chi connectivity index (χ2n) is 9.11. The quantitative estimate of drug-likeness (QED) is 0.520. The van der Waals surface area contributed by atoms with E-state index in [1.54, 1.807) is 34.1 Å². The summed E-state index contributed by atoms with van der Waals surface area (Å²) in [4.78, 5) is 26.9. The van der Waals surface area contributed by atoms with Crippen LogP contribution in [0.1, 0.15) is 56.6 Å². The van der Waals surface area contributed by atoms with Gasteiger partial charge in [0.2, 0.25) is 0 Å². The highest BCUT2D eigenvalue weighted by Gasteiger charge is 2.42. The van der Waals surface area contributed by atoms with Gasteiger partial charge in [-0.25, -0.2) is 4.79 Å². The van der Waals surface area contributed by atoms with E-state index < -0.39 is 11.9 Å². The van der Waals surface area contributed by atoms with E-state index in [0.717, 1.165) is 16.8 Å². The molecule has 0 saturated carbocycles. The van der Waals surface area contributed by atoms with Crippen LogP contribution < -0.4 is 14.8 Å². The number of allylic oxidation sites excluding steroid dienone is 3. The molecule has 0 saturated heterocycles. The van der Waals surface area contributed by atoms with Crippen LogP contribution in [0.2, 0.25) is 5.02 Å². The fourth-order valence-corrected chi connectivity index (χ4v) is 5.19. The van der Waals surface area contributed by atoms with Gasteiger partial charge in [0, 0.05) is 34.3 Å². The Balaban J connectivity index is 1.79. The maximum absolute atomic E-state index is 13.7. The second-order valence-corrected chi connectivity index (χ2v) is 9.51. The van der Waals surface area contributed by atoms with Crippen molar-refractivity contribution in [1.82, 2.24) is 5.32 Å². The van der Waals surface area contributed by atoms with Crippen LogP contribution in [0.25, 0.3) is 0 Å². The van der Waals surface area contributed by atoms with Gasteiger partial charge < -0.3 is 19.5 Å². The molecule has 184 valence electrons. The van der Waals surface area contributed by atoms with Crippen LogP contribution in [-0.2, 0) is 14.3 Å². The summed E-state index contributed by atoms with van der Waals surface area (Å²) in [5.74, 6) is 0.155. The lowest BCUT2D eigenvalue weighted by Crippen LogP contribution is -2.36. The number of hydrogen-bond acceptors (Lipinski definition) is 6. The number of halogens is 1. The maximum atomic E-state index is 13.7. The smallest absolute Gasteiger partial charge is 0.337 e. The molecule has 0 amide bonds. The highest BCUT2D eigenvalue weighted by atomic mass is 35.5. The van der Waals surface area contributed by atoms with Crippen molar-refractivity contribution >= 4 is 23.4 Å². The number of ether oxygens (including phenoxy) is 3. The minimum Gasteiger partial charge on any atom is -0.493 e. The molecular weight excluding hydrogens is 466 g/mol. The molecule has 0 aromatic heterocycles. The first-order chi connectivity index (χ1) is 16.7. The molecule has 0 unspecified atom stereocenters. The van der Waals surface area contributed by atoms with Crippen molar-refractivity contribution in [3.63, 3.8) is 0 Å². The Bertz CT molecular complexity index is 1230. The van der Waals surface area contributed by atoms with Crippen molar-refractivity contribution in [2.45, 2.75) is 51.6 Å². The predicted molar refractivity (Wildman–Crippen MR) is 135 cm³/mol. The van der Waals surface area contributed by atoms with Crippen LogP contribution in [0.4, 0.5) is 0 Å². The molecule has 6 nitrogen and oxygen atoms in total. The molecule has 0 bridgehead atoms. The number of dihydropyridines is 1. The molecule has 1 N–H and O–H groups in total. The summed E-state index contributed by atoms with van der Waals surface area (Å²) in [6, 6.07) is 13.1. The average Bonchev–Trinajstić information content (AvgIpc) is 2.82. The van der Waals surface area contributed by atoms with Gasteiger partial charge in [0.1, 0.15) is 0 Å². The minimum atomic E-state index is -0.593. The SMILES string of the molecule is COc1ccc([C@H]2CC(=O)C3=C(C2)NC(C)=C(C(=O)OC(C)C)[C@@H]3c2ccccc2Cl)cc1OC. The number of carbonyl (C=O) groups excluding carboxylic acids is 2. The van der Waals surface area contributed by atoms with Gasteiger partial charge in [-0.15, -0.1) is 0 Å². The van der Waals surface area contributed by atoms with Gasteiger partial charge in [0.15, 0.2) is 17.3 Å². The molecule has 1 aliphatic heterocycles. The third kappa shape index (κ3) is 4.80. The molecule has 0 radical (unpaired) electrons. The lowest BCUT2D eigenvalue weighted by Gasteiger charge is -2.37. The highest BCUT2D eigenvalue weighted by Crippen LogP contribution is 2.47. The van der Waals surface area contributed by atoms with E-state index in [4.69, 9.17) is 25.8 Å². The number of Topliss-reactive ketones (excluding diaryl/α,β-unsaturated/α-hetero) is 1. The predicted octanol–water partition coefficient (Wildman–Crippen LogP) is 5.67. The Labute approximate surface area is 210 Å². The average molecular weight is 496 g/mol. The number of ketones is 1. The molecule has 1 heterocycles. The third-order valence-electron chi connectivity index (χ3n) is 6.49. The molecule has 7 heteroatoms. The maximum Gasteiger partial charge on any atom is 0.337 e. The molecule has 2 atom stereocenters. The Morgan fingerprint density at radius 3 is 2.43 bits per heavy atom. The second kappa shape index (κ2) is 10.2. The first-order valence-electron chi connectivity index (χ1n) is 11.7. The summed E-state index contributed by atoms with van der Waals surface area (Å²) in [6.07, 6.45) is 0.630. The third-order valence-corrected chi connectivity index (χ3v) is 6.83. The van der Waals surface area contributed by atoms with Crippen LogP contribution in [0.15, 0.2) is 65.0 Å². The number of esters is 1. The van der Waals surface area contributed by atoms with Gasteiger partial charge in [0.05, 0.1) is 25.9 Å². The van der Waals surface area contributed by atoms with Crippen LogP contribution in [0, 0.1) is 0 Å². The van der Waals surface area contributed by atoms with Crippen LogP contribution in [0.3, 0.4) is 0 Å². The van der Waals surface area contributed by atoms with Crippen LogP contribution in [-0.4, -0.2) is 32.1 Å². The first kappa shape index (κ1) is 24.9. The fraction of sp³-hybridized carbons (Fsp3) is 0.357. The van der Waals surface area contributed by atoms with Crippen molar-refractivity contribution in [1.29, 1.82) is 0 Å². The fourth-order valence-electron chi connectivity index (χ4n) is 4.95. The Morgan fingerprint density at radius 1 is 1.06 bits per heavy atom. The zero-order chi connectivity index (χ0) is 25.3. The van der Waals surface area contributed by atoms with Crippen LogP contribution >= 0.6 is 11.6 Å². The van der Waals surface area contributed by atoms with Crippen molar-refractivity contribution in [3.8, 4) is 11.5 Å². The number of benzene rings is 2. The highest BCUT2D eigenvalue weighted by molar-refractivity contribution is 6.31. The van der Waals surface area contributed by atoms with E-state index >= 15 is 0 Å². The Morgan fingerprint density at radius 2 is 1.77 bits per heavy atom. The lowest BCUT2D eigenvalue weighted by atomic mass is 9.71. The molecule has 2 aromatic carbocycles. The minimum absolute atomic E-state index is 0.0224.